The Hall–Kier alpha value is -3.17. The highest BCUT2D eigenvalue weighted by atomic mass is 35.5. The molecule has 0 aromatic heterocycles. The van der Waals surface area contributed by atoms with Gasteiger partial charge in [0.05, 0.1) is 10.6 Å². The summed E-state index contributed by atoms with van der Waals surface area (Å²) >= 11 is 6.23. The normalized spacial score (nSPS) is 17.0. The van der Waals surface area contributed by atoms with E-state index in [0.717, 1.165) is 43.7 Å². The predicted molar refractivity (Wildman–Crippen MR) is 157 cm³/mol. The van der Waals surface area contributed by atoms with Crippen molar-refractivity contribution in [2.45, 2.75) is 43.4 Å². The third kappa shape index (κ3) is 6.93. The molecule has 0 aliphatic carbocycles. The van der Waals surface area contributed by atoms with Gasteiger partial charge < -0.3 is 14.8 Å². The van der Waals surface area contributed by atoms with Gasteiger partial charge in [0.1, 0.15) is 12.4 Å². The van der Waals surface area contributed by atoms with Gasteiger partial charge in [-0.2, -0.15) is 0 Å². The molecule has 40 heavy (non-hydrogen) atoms. The molecule has 3 aromatic carbocycles. The minimum absolute atomic E-state index is 0.118. The largest absolute Gasteiger partial charge is 0.489 e. The Balaban J connectivity index is 1.27. The van der Waals surface area contributed by atoms with E-state index in [1.54, 1.807) is 30.3 Å². The Morgan fingerprint density at radius 2 is 1.82 bits per heavy atom. The van der Waals surface area contributed by atoms with Crippen LogP contribution in [0.25, 0.3) is 6.08 Å². The third-order valence-corrected chi connectivity index (χ3v) is 9.54. The van der Waals surface area contributed by atoms with Crippen LogP contribution in [0, 0.1) is 0 Å². The first-order chi connectivity index (χ1) is 19.3. The fourth-order valence-corrected chi connectivity index (χ4v) is 6.68. The zero-order valence-electron chi connectivity index (χ0n) is 22.4. The highest BCUT2D eigenvalue weighted by Gasteiger charge is 2.25. The maximum Gasteiger partial charge on any atom is 0.251 e. The first kappa shape index (κ1) is 28.4. The Bertz CT molecular complexity index is 1500. The van der Waals surface area contributed by atoms with Crippen molar-refractivity contribution in [3.63, 3.8) is 0 Å². The number of sulfone groups is 1. The number of anilines is 1. The van der Waals surface area contributed by atoms with E-state index in [4.69, 9.17) is 21.1 Å². The van der Waals surface area contributed by atoms with E-state index in [2.05, 4.69) is 17.3 Å². The number of carbonyl (C=O) groups is 1. The lowest BCUT2D eigenvalue weighted by molar-refractivity contribution is -0.112. The lowest BCUT2D eigenvalue weighted by Gasteiger charge is -2.31. The van der Waals surface area contributed by atoms with E-state index < -0.39 is 9.84 Å². The number of amides is 1. The predicted octanol–water partition coefficient (Wildman–Crippen LogP) is 5.73. The number of halogens is 1. The van der Waals surface area contributed by atoms with Crippen LogP contribution < -0.4 is 10.1 Å². The van der Waals surface area contributed by atoms with Crippen LogP contribution >= 0.6 is 11.6 Å². The van der Waals surface area contributed by atoms with Crippen LogP contribution in [0.15, 0.2) is 77.2 Å². The van der Waals surface area contributed by atoms with Gasteiger partial charge in [-0.15, -0.1) is 0 Å². The highest BCUT2D eigenvalue weighted by Crippen LogP contribution is 2.31. The molecule has 5 rings (SSSR count). The van der Waals surface area contributed by atoms with E-state index in [1.165, 1.54) is 0 Å². The van der Waals surface area contributed by atoms with Crippen molar-refractivity contribution in [2.75, 3.05) is 31.3 Å². The standard InChI is InChI=1S/C31H33ClN2O5S/c1-34(27-12-15-38-16-13-27)20-22-6-8-26(9-7-22)33-31(35)23-14-17-40(36,37)30-11-10-28(19-25(30)18-23)39-21-24-4-2-3-5-29(24)32/h2-11,18-19,27H,12-17,20-21H2,1H3,(H,33,35). The Kier molecular flexibility index (Phi) is 8.90. The number of benzene rings is 3. The molecular formula is C31H33ClN2O5S. The maximum absolute atomic E-state index is 13.2. The molecule has 2 aliphatic heterocycles. The van der Waals surface area contributed by atoms with E-state index in [9.17, 15) is 13.2 Å². The van der Waals surface area contributed by atoms with Crippen LogP contribution in [0.2, 0.25) is 5.02 Å². The molecule has 0 spiro atoms. The van der Waals surface area contributed by atoms with Crippen molar-refractivity contribution in [1.29, 1.82) is 0 Å². The van der Waals surface area contributed by atoms with Crippen molar-refractivity contribution in [3.8, 4) is 5.75 Å². The average Bonchev–Trinajstić information content (AvgIpc) is 3.09. The third-order valence-electron chi connectivity index (χ3n) is 7.39. The van der Waals surface area contributed by atoms with Gasteiger partial charge >= 0.3 is 0 Å². The van der Waals surface area contributed by atoms with Crippen molar-refractivity contribution in [1.82, 2.24) is 4.90 Å². The van der Waals surface area contributed by atoms with Crippen LogP contribution in [0.1, 0.15) is 36.0 Å². The highest BCUT2D eigenvalue weighted by molar-refractivity contribution is 7.91. The number of fused-ring (bicyclic) bond motifs is 1. The minimum atomic E-state index is -3.56. The molecule has 0 atom stereocenters. The van der Waals surface area contributed by atoms with Gasteiger partial charge in [-0.25, -0.2) is 8.42 Å². The molecule has 0 radical (unpaired) electrons. The van der Waals surface area contributed by atoms with Crippen LogP contribution in [0.5, 0.6) is 5.75 Å². The molecule has 9 heteroatoms. The van der Waals surface area contributed by atoms with Gasteiger partial charge in [0.2, 0.25) is 0 Å². The SMILES string of the molecule is CN(Cc1ccc(NC(=O)C2=Cc3cc(OCc4ccccc4Cl)ccc3S(=O)(=O)CC2)cc1)C1CCOCC1. The van der Waals surface area contributed by atoms with Gasteiger partial charge in [0.25, 0.3) is 5.91 Å². The first-order valence-corrected chi connectivity index (χ1v) is 15.4. The number of ether oxygens (including phenoxy) is 2. The molecule has 0 unspecified atom stereocenters. The van der Waals surface area contributed by atoms with E-state index in [1.807, 2.05) is 42.5 Å². The average molecular weight is 581 g/mol. The summed E-state index contributed by atoms with van der Waals surface area (Å²) in [5, 5.41) is 3.53. The van der Waals surface area contributed by atoms with Crippen molar-refractivity contribution in [3.05, 3.63) is 94.0 Å². The number of hydrogen-bond donors (Lipinski definition) is 1. The topological polar surface area (TPSA) is 84.9 Å². The molecule has 0 saturated carbocycles. The summed E-state index contributed by atoms with van der Waals surface area (Å²) in [5.41, 5.74) is 3.47. The summed E-state index contributed by atoms with van der Waals surface area (Å²) in [6, 6.07) is 20.5. The van der Waals surface area contributed by atoms with Crippen LogP contribution in [0.3, 0.4) is 0 Å². The van der Waals surface area contributed by atoms with Gasteiger partial charge in [0, 0.05) is 47.6 Å². The Morgan fingerprint density at radius 3 is 2.58 bits per heavy atom. The van der Waals surface area contributed by atoms with E-state index in [0.29, 0.717) is 33.6 Å². The summed E-state index contributed by atoms with van der Waals surface area (Å²) in [5.74, 6) is 0.0295. The Morgan fingerprint density at radius 1 is 1.07 bits per heavy atom. The van der Waals surface area contributed by atoms with Gasteiger partial charge in [-0.3, -0.25) is 9.69 Å². The van der Waals surface area contributed by atoms with Gasteiger partial charge in [-0.1, -0.05) is 41.9 Å². The van der Waals surface area contributed by atoms with E-state index in [-0.39, 0.29) is 29.6 Å². The fraction of sp³-hybridized carbons (Fsp3) is 0.323. The molecule has 1 N–H and O–H groups in total. The molecule has 1 amide bonds. The monoisotopic (exact) mass is 580 g/mol. The van der Waals surface area contributed by atoms with Crippen LogP contribution in [0.4, 0.5) is 5.69 Å². The lowest BCUT2D eigenvalue weighted by atomic mass is 10.1. The molecule has 210 valence electrons. The Labute approximate surface area is 240 Å². The molecule has 1 fully saturated rings. The second kappa shape index (κ2) is 12.6. The van der Waals surface area contributed by atoms with E-state index >= 15 is 0 Å². The summed E-state index contributed by atoms with van der Waals surface area (Å²) in [6.07, 6.45) is 3.84. The van der Waals surface area contributed by atoms with Crippen molar-refractivity contribution < 1.29 is 22.7 Å². The smallest absolute Gasteiger partial charge is 0.251 e. The molecule has 2 aliphatic rings. The molecular weight excluding hydrogens is 548 g/mol. The number of nitrogens with one attached hydrogen (secondary N) is 1. The summed E-state index contributed by atoms with van der Waals surface area (Å²) < 4.78 is 37.3. The molecule has 2 heterocycles. The minimum Gasteiger partial charge on any atom is -0.489 e. The number of carbonyl (C=O) groups excluding carboxylic acids is 1. The van der Waals surface area contributed by atoms with Gasteiger partial charge in [-0.05, 0) is 79.9 Å². The number of hydrogen-bond acceptors (Lipinski definition) is 6. The maximum atomic E-state index is 13.2. The first-order valence-electron chi connectivity index (χ1n) is 13.4. The molecule has 7 nitrogen and oxygen atoms in total. The molecule has 3 aromatic rings. The molecule has 0 bridgehead atoms. The van der Waals surface area contributed by atoms with Gasteiger partial charge in [0.15, 0.2) is 9.84 Å². The van der Waals surface area contributed by atoms with Crippen molar-refractivity contribution >= 4 is 39.1 Å². The number of rotatable bonds is 8. The summed E-state index contributed by atoms with van der Waals surface area (Å²) in [6.45, 7) is 2.67. The number of nitrogens with zero attached hydrogens (tertiary/aromatic N) is 1. The zero-order valence-corrected chi connectivity index (χ0v) is 24.0. The van der Waals surface area contributed by atoms with Crippen LogP contribution in [-0.2, 0) is 32.5 Å². The van der Waals surface area contributed by atoms with Crippen LogP contribution in [-0.4, -0.2) is 51.3 Å². The lowest BCUT2D eigenvalue weighted by Crippen LogP contribution is -2.36. The molecule has 1 saturated heterocycles. The van der Waals surface area contributed by atoms with Crippen molar-refractivity contribution in [2.24, 2.45) is 0 Å². The zero-order chi connectivity index (χ0) is 28.1. The fourth-order valence-electron chi connectivity index (χ4n) is 5.03. The quantitative estimate of drug-likeness (QED) is 0.366. The second-order valence-corrected chi connectivity index (χ2v) is 12.7. The summed E-state index contributed by atoms with van der Waals surface area (Å²) in [7, 11) is -1.43. The second-order valence-electron chi connectivity index (χ2n) is 10.2. The summed E-state index contributed by atoms with van der Waals surface area (Å²) in [4.78, 5) is 15.7.